The van der Waals surface area contributed by atoms with E-state index in [0.29, 0.717) is 17.7 Å². The lowest BCUT2D eigenvalue weighted by Crippen LogP contribution is -2.68. The third-order valence-corrected chi connectivity index (χ3v) is 10.1. The van der Waals surface area contributed by atoms with Crippen molar-refractivity contribution in [1.82, 2.24) is 9.80 Å². The first kappa shape index (κ1) is 20.8. The van der Waals surface area contributed by atoms with Crippen LogP contribution in [0.25, 0.3) is 6.08 Å². The van der Waals surface area contributed by atoms with Crippen LogP contribution in [0, 0.1) is 5.92 Å². The maximum atomic E-state index is 13.2. The van der Waals surface area contributed by atoms with Gasteiger partial charge in [-0.1, -0.05) is 0 Å². The van der Waals surface area contributed by atoms with E-state index in [-0.39, 0.29) is 23.5 Å². The highest BCUT2D eigenvalue weighted by Crippen LogP contribution is 2.63. The number of likely N-dealkylation sites (N-methyl/N-ethyl adjacent to an activating group) is 2. The SMILES string of the molecule is CN1CC[C@@]23c4c5ccc(O)c4C[C@@H]1[C@@H]2CC[C@H](N(C)C(=O)/C=C/c1cc(Br)cs1)[C@@H]3O5. The van der Waals surface area contributed by atoms with E-state index in [1.807, 2.05) is 35.5 Å². The molecule has 2 aliphatic carbocycles. The average molecular weight is 515 g/mol. The average Bonchev–Trinajstić information content (AvgIpc) is 3.35. The molecule has 1 spiro atoms. The number of halogens is 1. The van der Waals surface area contributed by atoms with E-state index in [4.69, 9.17) is 4.74 Å². The van der Waals surface area contributed by atoms with Crippen molar-refractivity contribution >= 4 is 39.2 Å². The van der Waals surface area contributed by atoms with Crippen molar-refractivity contribution in [2.24, 2.45) is 5.92 Å². The zero-order valence-electron chi connectivity index (χ0n) is 18.3. The number of hydrogen-bond donors (Lipinski definition) is 1. The number of piperidine rings is 1. The van der Waals surface area contributed by atoms with E-state index in [0.717, 1.165) is 52.9 Å². The summed E-state index contributed by atoms with van der Waals surface area (Å²) in [6, 6.07) is 6.17. The number of aromatic hydroxyl groups is 1. The highest BCUT2D eigenvalue weighted by molar-refractivity contribution is 9.10. The topological polar surface area (TPSA) is 53.0 Å². The van der Waals surface area contributed by atoms with Gasteiger partial charge in [-0.25, -0.2) is 0 Å². The minimum Gasteiger partial charge on any atom is -0.508 e. The summed E-state index contributed by atoms with van der Waals surface area (Å²) in [5, 5.41) is 12.7. The Labute approximate surface area is 200 Å². The number of carbonyl (C=O) groups is 1. The molecule has 5 nitrogen and oxygen atoms in total. The molecule has 2 fully saturated rings. The highest BCUT2D eigenvalue weighted by atomic mass is 79.9. The fraction of sp³-hybridized carbons (Fsp3) is 0.480. The lowest BCUT2D eigenvalue weighted by atomic mass is 9.51. The summed E-state index contributed by atoms with van der Waals surface area (Å²) in [4.78, 5) is 18.6. The number of nitrogens with zero attached hydrogens (tertiary/aromatic N) is 2. The molecule has 0 radical (unpaired) electrons. The smallest absolute Gasteiger partial charge is 0.246 e. The molecule has 0 unspecified atom stereocenters. The van der Waals surface area contributed by atoms with Gasteiger partial charge in [0, 0.05) is 50.4 Å². The molecular formula is C25H27BrN2O3S. The van der Waals surface area contributed by atoms with E-state index < -0.39 is 0 Å². The fourth-order valence-corrected chi connectivity index (χ4v) is 8.31. The molecule has 6 rings (SSSR count). The summed E-state index contributed by atoms with van der Waals surface area (Å²) >= 11 is 5.08. The number of benzene rings is 1. The Bertz CT molecular complexity index is 1130. The number of amides is 1. The first-order valence-corrected chi connectivity index (χ1v) is 13.0. The van der Waals surface area contributed by atoms with Gasteiger partial charge in [-0.15, -0.1) is 11.3 Å². The Morgan fingerprint density at radius 3 is 3.03 bits per heavy atom. The molecule has 1 saturated heterocycles. The Hall–Kier alpha value is -1.83. The molecule has 7 heteroatoms. The summed E-state index contributed by atoms with van der Waals surface area (Å²) in [5.41, 5.74) is 2.19. The fourth-order valence-electron chi connectivity index (χ4n) is 6.97. The molecule has 3 heterocycles. The van der Waals surface area contributed by atoms with Crippen LogP contribution in [0.15, 0.2) is 34.1 Å². The maximum absolute atomic E-state index is 13.2. The second-order valence-corrected chi connectivity index (χ2v) is 11.6. The van der Waals surface area contributed by atoms with Gasteiger partial charge in [0.15, 0.2) is 0 Å². The van der Waals surface area contributed by atoms with Crippen molar-refractivity contribution < 1.29 is 14.6 Å². The Morgan fingerprint density at radius 1 is 1.41 bits per heavy atom. The second kappa shape index (κ2) is 7.34. The molecule has 1 aromatic heterocycles. The van der Waals surface area contributed by atoms with E-state index in [2.05, 4.69) is 27.9 Å². The van der Waals surface area contributed by atoms with Crippen LogP contribution in [0.3, 0.4) is 0 Å². The number of carbonyl (C=O) groups excluding carboxylic acids is 1. The van der Waals surface area contributed by atoms with Gasteiger partial charge in [-0.05, 0) is 85.4 Å². The van der Waals surface area contributed by atoms with Crippen LogP contribution in [-0.4, -0.2) is 59.6 Å². The summed E-state index contributed by atoms with van der Waals surface area (Å²) < 4.78 is 7.70. The quantitative estimate of drug-likeness (QED) is 0.615. The van der Waals surface area contributed by atoms with Gasteiger partial charge in [-0.3, -0.25) is 4.79 Å². The van der Waals surface area contributed by atoms with E-state index in [1.165, 1.54) is 5.56 Å². The maximum Gasteiger partial charge on any atom is 0.246 e. The first-order valence-electron chi connectivity index (χ1n) is 11.3. The number of likely N-dealkylation sites (tertiary alicyclic amines) is 1. The summed E-state index contributed by atoms with van der Waals surface area (Å²) in [5.74, 6) is 1.82. The Balaban J connectivity index is 1.36. The van der Waals surface area contributed by atoms with E-state index in [9.17, 15) is 9.90 Å². The Kier molecular flexibility index (Phi) is 4.76. The second-order valence-electron chi connectivity index (χ2n) is 9.72. The molecule has 4 aliphatic rings. The van der Waals surface area contributed by atoms with Crippen molar-refractivity contribution in [1.29, 1.82) is 0 Å². The lowest BCUT2D eigenvalue weighted by Gasteiger charge is -2.59. The van der Waals surface area contributed by atoms with Crippen LogP contribution in [0.5, 0.6) is 11.5 Å². The zero-order valence-corrected chi connectivity index (χ0v) is 20.7. The van der Waals surface area contributed by atoms with E-state index >= 15 is 0 Å². The van der Waals surface area contributed by atoms with Crippen LogP contribution in [0.2, 0.25) is 0 Å². The molecule has 1 saturated carbocycles. The lowest BCUT2D eigenvalue weighted by molar-refractivity contribution is -0.134. The van der Waals surface area contributed by atoms with Gasteiger partial charge < -0.3 is 19.6 Å². The van der Waals surface area contributed by atoms with Crippen molar-refractivity contribution in [3.63, 3.8) is 0 Å². The standard InChI is InChI=1S/C25H27BrN2O3S/c1-27-10-9-25-17-4-5-18(28(2)22(30)8-3-15-11-14(26)13-32-15)24(25)31-21-7-6-20(29)16(23(21)25)12-19(17)27/h3,6-8,11,13,17-19,24,29H,4-5,9-10,12H2,1-2H3/b8-3+/t17-,18-,19+,24-,25-/m0/s1. The van der Waals surface area contributed by atoms with E-state index in [1.54, 1.807) is 23.5 Å². The normalized spacial score (nSPS) is 32.6. The highest BCUT2D eigenvalue weighted by Gasteiger charge is 2.66. The van der Waals surface area contributed by atoms with Crippen molar-refractivity contribution in [3.8, 4) is 11.5 Å². The first-order chi connectivity index (χ1) is 15.4. The van der Waals surface area contributed by atoms with Crippen LogP contribution < -0.4 is 4.74 Å². The molecule has 2 bridgehead atoms. The summed E-state index contributed by atoms with van der Waals surface area (Å²) in [6.45, 7) is 1.02. The zero-order chi connectivity index (χ0) is 22.2. The number of rotatable bonds is 3. The minimum absolute atomic E-state index is 0.0114. The predicted octanol–water partition coefficient (Wildman–Crippen LogP) is 4.43. The third kappa shape index (κ3) is 2.80. The number of ether oxygens (including phenoxy) is 1. The summed E-state index contributed by atoms with van der Waals surface area (Å²) in [6.07, 6.45) is 7.42. The van der Waals surface area contributed by atoms with Crippen LogP contribution in [0.4, 0.5) is 0 Å². The minimum atomic E-state index is -0.112. The van der Waals surface area contributed by atoms with Gasteiger partial charge in [0.2, 0.25) is 5.91 Å². The van der Waals surface area contributed by atoms with Gasteiger partial charge in [0.1, 0.15) is 17.6 Å². The van der Waals surface area contributed by atoms with Crippen molar-refractivity contribution in [3.05, 3.63) is 50.1 Å². The van der Waals surface area contributed by atoms with Gasteiger partial charge in [-0.2, -0.15) is 0 Å². The van der Waals surface area contributed by atoms with Crippen LogP contribution in [-0.2, 0) is 16.6 Å². The molecular weight excluding hydrogens is 488 g/mol. The molecule has 2 aliphatic heterocycles. The van der Waals surface area contributed by atoms with Gasteiger partial charge >= 0.3 is 0 Å². The third-order valence-electron chi connectivity index (χ3n) is 8.41. The number of thiophene rings is 1. The largest absolute Gasteiger partial charge is 0.508 e. The van der Waals surface area contributed by atoms with Crippen LogP contribution >= 0.6 is 27.3 Å². The van der Waals surface area contributed by atoms with Gasteiger partial charge in [0.25, 0.3) is 0 Å². The number of phenols is 1. The molecule has 5 atom stereocenters. The van der Waals surface area contributed by atoms with Crippen molar-refractivity contribution in [2.45, 2.75) is 49.3 Å². The molecule has 1 amide bonds. The molecule has 168 valence electrons. The molecule has 1 N–H and O–H groups in total. The van der Waals surface area contributed by atoms with Gasteiger partial charge in [0.05, 0.1) is 6.04 Å². The number of hydrogen-bond acceptors (Lipinski definition) is 5. The molecule has 32 heavy (non-hydrogen) atoms. The molecule has 2 aromatic rings. The predicted molar refractivity (Wildman–Crippen MR) is 129 cm³/mol. The van der Waals surface area contributed by atoms with Crippen molar-refractivity contribution in [2.75, 3.05) is 20.6 Å². The molecule has 1 aromatic carbocycles. The van der Waals surface area contributed by atoms with Crippen LogP contribution in [0.1, 0.15) is 35.3 Å². The summed E-state index contributed by atoms with van der Waals surface area (Å²) in [7, 11) is 4.13. The Morgan fingerprint density at radius 2 is 2.25 bits per heavy atom. The number of phenolic OH excluding ortho intramolecular Hbond substituents is 1. The monoisotopic (exact) mass is 514 g/mol.